The topological polar surface area (TPSA) is 79.0 Å². The molecule has 1 aromatic heterocycles. The summed E-state index contributed by atoms with van der Waals surface area (Å²) in [4.78, 5) is 14.7. The molecule has 0 bridgehead atoms. The lowest BCUT2D eigenvalue weighted by molar-refractivity contribution is 0.562. The summed E-state index contributed by atoms with van der Waals surface area (Å²) < 4.78 is 27.8. The van der Waals surface area contributed by atoms with Gasteiger partial charge in [-0.2, -0.15) is 0 Å². The SMILES string of the molecule is CC1(NS(=O)(=O)C2=Cc3cc(Br)c(=O)[nH]c3CC2)CC1. The normalized spacial score (nSPS) is 20.2. The highest BCUT2D eigenvalue weighted by Gasteiger charge is 2.41. The van der Waals surface area contributed by atoms with E-state index in [9.17, 15) is 13.2 Å². The summed E-state index contributed by atoms with van der Waals surface area (Å²) in [5, 5.41) is 0. The number of halogens is 1. The first-order valence-corrected chi connectivity index (χ1v) is 8.73. The van der Waals surface area contributed by atoms with Gasteiger partial charge in [0.15, 0.2) is 0 Å². The number of hydrogen-bond acceptors (Lipinski definition) is 3. The fourth-order valence-electron chi connectivity index (χ4n) is 2.28. The second kappa shape index (κ2) is 4.54. The molecule has 2 N–H and O–H groups in total. The van der Waals surface area contributed by atoms with Gasteiger partial charge in [-0.05, 0) is 66.2 Å². The van der Waals surface area contributed by atoms with Crippen LogP contribution in [0, 0.1) is 0 Å². The van der Waals surface area contributed by atoms with Crippen molar-refractivity contribution in [2.24, 2.45) is 0 Å². The van der Waals surface area contributed by atoms with Gasteiger partial charge in [-0.25, -0.2) is 13.1 Å². The Morgan fingerprint density at radius 3 is 2.70 bits per heavy atom. The Balaban J connectivity index is 1.98. The van der Waals surface area contributed by atoms with Gasteiger partial charge in [-0.1, -0.05) is 0 Å². The fraction of sp³-hybridized carbons (Fsp3) is 0.462. The fourth-order valence-corrected chi connectivity index (χ4v) is 4.26. The Kier molecular flexibility index (Phi) is 3.19. The number of sulfonamides is 1. The molecule has 1 aromatic rings. The van der Waals surface area contributed by atoms with Crippen molar-refractivity contribution in [2.75, 3.05) is 0 Å². The molecular formula is C13H15BrN2O3S. The maximum Gasteiger partial charge on any atom is 0.262 e. The first-order chi connectivity index (χ1) is 9.29. The van der Waals surface area contributed by atoms with Crippen molar-refractivity contribution in [3.8, 4) is 0 Å². The smallest absolute Gasteiger partial charge is 0.262 e. The minimum absolute atomic E-state index is 0.188. The highest BCUT2D eigenvalue weighted by atomic mass is 79.9. The summed E-state index contributed by atoms with van der Waals surface area (Å²) in [6, 6.07) is 1.67. The number of aromatic amines is 1. The molecule has 5 nitrogen and oxygen atoms in total. The molecule has 0 spiro atoms. The number of pyridine rings is 1. The predicted octanol–water partition coefficient (Wildman–Crippen LogP) is 1.90. The lowest BCUT2D eigenvalue weighted by Crippen LogP contribution is -2.35. The summed E-state index contributed by atoms with van der Waals surface area (Å²) in [7, 11) is -3.44. The van der Waals surface area contributed by atoms with Crippen molar-refractivity contribution in [3.63, 3.8) is 0 Å². The van der Waals surface area contributed by atoms with Gasteiger partial charge in [0.05, 0.1) is 9.38 Å². The molecule has 108 valence electrons. The van der Waals surface area contributed by atoms with E-state index in [2.05, 4.69) is 25.6 Å². The first-order valence-electron chi connectivity index (χ1n) is 6.45. The van der Waals surface area contributed by atoms with Gasteiger partial charge in [0, 0.05) is 11.2 Å². The van der Waals surface area contributed by atoms with E-state index in [1.54, 1.807) is 12.1 Å². The van der Waals surface area contributed by atoms with Gasteiger partial charge in [0.1, 0.15) is 0 Å². The number of aryl methyl sites for hydroxylation is 1. The molecule has 2 aliphatic carbocycles. The third kappa shape index (κ3) is 2.62. The van der Waals surface area contributed by atoms with Gasteiger partial charge in [0.25, 0.3) is 5.56 Å². The van der Waals surface area contributed by atoms with E-state index in [0.717, 1.165) is 24.1 Å². The molecule has 0 atom stereocenters. The number of rotatable bonds is 3. The Morgan fingerprint density at radius 2 is 2.05 bits per heavy atom. The number of allylic oxidation sites excluding steroid dienone is 1. The van der Waals surface area contributed by atoms with Crippen LogP contribution in [0.1, 0.15) is 37.4 Å². The molecule has 1 saturated carbocycles. The number of nitrogens with one attached hydrogen (secondary N) is 2. The highest BCUT2D eigenvalue weighted by Crippen LogP contribution is 2.37. The van der Waals surface area contributed by atoms with Crippen LogP contribution >= 0.6 is 15.9 Å². The monoisotopic (exact) mass is 358 g/mol. The summed E-state index contributed by atoms with van der Waals surface area (Å²) in [5.41, 5.74) is 1.08. The Morgan fingerprint density at radius 1 is 1.35 bits per heavy atom. The van der Waals surface area contributed by atoms with Gasteiger partial charge >= 0.3 is 0 Å². The van der Waals surface area contributed by atoms with E-state index in [-0.39, 0.29) is 11.1 Å². The maximum absolute atomic E-state index is 12.3. The number of hydrogen-bond donors (Lipinski definition) is 2. The van der Waals surface area contributed by atoms with Crippen molar-refractivity contribution < 1.29 is 8.42 Å². The number of fused-ring (bicyclic) bond motifs is 1. The zero-order valence-electron chi connectivity index (χ0n) is 11.0. The Hall–Kier alpha value is -0.920. The lowest BCUT2D eigenvalue weighted by Gasteiger charge is -2.19. The third-order valence-electron chi connectivity index (χ3n) is 3.78. The average molecular weight is 359 g/mol. The molecule has 0 amide bonds. The number of H-pyrrole nitrogens is 1. The average Bonchev–Trinajstić information content (AvgIpc) is 3.06. The molecular weight excluding hydrogens is 344 g/mol. The van der Waals surface area contributed by atoms with Gasteiger partial charge in [0.2, 0.25) is 10.0 Å². The summed E-state index contributed by atoms with van der Waals surface area (Å²) in [6.45, 7) is 1.91. The van der Waals surface area contributed by atoms with Crippen molar-refractivity contribution in [1.82, 2.24) is 9.71 Å². The van der Waals surface area contributed by atoms with Crippen molar-refractivity contribution in [1.29, 1.82) is 0 Å². The Bertz CT molecular complexity index is 760. The molecule has 0 aliphatic heterocycles. The molecule has 2 aliphatic rings. The van der Waals surface area contributed by atoms with Crippen LogP contribution < -0.4 is 10.3 Å². The van der Waals surface area contributed by atoms with Gasteiger partial charge in [-0.15, -0.1) is 0 Å². The second-order valence-electron chi connectivity index (χ2n) is 5.66. The largest absolute Gasteiger partial charge is 0.325 e. The molecule has 7 heteroatoms. The minimum Gasteiger partial charge on any atom is -0.325 e. The van der Waals surface area contributed by atoms with E-state index in [4.69, 9.17) is 0 Å². The van der Waals surface area contributed by atoms with Crippen LogP contribution in [0.25, 0.3) is 6.08 Å². The van der Waals surface area contributed by atoms with Crippen molar-refractivity contribution in [2.45, 2.75) is 38.1 Å². The standard InChI is InChI=1S/C13H15BrN2O3S/c1-13(4-5-13)16-20(18,19)9-2-3-11-8(6-9)7-10(14)12(17)15-11/h6-7,16H,2-5H2,1H3,(H,15,17). The molecule has 0 radical (unpaired) electrons. The summed E-state index contributed by atoms with van der Waals surface area (Å²) in [6.07, 6.45) is 4.36. The van der Waals surface area contributed by atoms with Crippen LogP contribution in [0.15, 0.2) is 20.2 Å². The van der Waals surface area contributed by atoms with Crippen LogP contribution in [0.3, 0.4) is 0 Å². The van der Waals surface area contributed by atoms with Gasteiger partial charge < -0.3 is 4.98 Å². The van der Waals surface area contributed by atoms with Crippen molar-refractivity contribution in [3.05, 3.63) is 37.1 Å². The molecule has 20 heavy (non-hydrogen) atoms. The zero-order chi connectivity index (χ0) is 14.5. The quantitative estimate of drug-likeness (QED) is 0.865. The molecule has 0 aromatic carbocycles. The molecule has 0 unspecified atom stereocenters. The summed E-state index contributed by atoms with van der Waals surface area (Å²) >= 11 is 3.17. The van der Waals surface area contributed by atoms with Crippen LogP contribution in [-0.2, 0) is 16.4 Å². The van der Waals surface area contributed by atoms with Gasteiger partial charge in [-0.3, -0.25) is 4.79 Å². The highest BCUT2D eigenvalue weighted by molar-refractivity contribution is 9.10. The maximum atomic E-state index is 12.3. The van der Waals surface area contributed by atoms with E-state index >= 15 is 0 Å². The zero-order valence-corrected chi connectivity index (χ0v) is 13.4. The van der Waals surface area contributed by atoms with Crippen LogP contribution in [0.4, 0.5) is 0 Å². The molecule has 0 saturated heterocycles. The lowest BCUT2D eigenvalue weighted by atomic mass is 10.0. The van der Waals surface area contributed by atoms with Crippen LogP contribution in [-0.4, -0.2) is 18.9 Å². The van der Waals surface area contributed by atoms with Crippen LogP contribution in [0.5, 0.6) is 0 Å². The first kappa shape index (κ1) is 14.0. The molecule has 3 rings (SSSR count). The van der Waals surface area contributed by atoms with E-state index in [1.165, 1.54) is 0 Å². The number of aromatic nitrogens is 1. The van der Waals surface area contributed by atoms with Crippen molar-refractivity contribution >= 4 is 32.0 Å². The van der Waals surface area contributed by atoms with E-state index < -0.39 is 10.0 Å². The summed E-state index contributed by atoms with van der Waals surface area (Å²) in [5.74, 6) is 0. The minimum atomic E-state index is -3.44. The third-order valence-corrected chi connectivity index (χ3v) is 6.14. The predicted molar refractivity (Wildman–Crippen MR) is 80.8 cm³/mol. The molecule has 1 fully saturated rings. The van der Waals surface area contributed by atoms with E-state index in [0.29, 0.717) is 22.2 Å². The van der Waals surface area contributed by atoms with Crippen LogP contribution in [0.2, 0.25) is 0 Å². The van der Waals surface area contributed by atoms with E-state index in [1.807, 2.05) is 6.92 Å². The second-order valence-corrected chi connectivity index (χ2v) is 8.25. The Labute approximate surface area is 125 Å². The molecule has 1 heterocycles.